The Labute approximate surface area is 184 Å². The van der Waals surface area contributed by atoms with E-state index in [0.717, 1.165) is 0 Å². The Morgan fingerprint density at radius 3 is 2.94 bits per heavy atom. The molecule has 0 fully saturated rings. The zero-order chi connectivity index (χ0) is 22.0. The SMILES string of the molecule is CN(C)CC=CC(=O)N1CCOc2cc3ncnc(Nc4ccc(F)c(Cl)c4)c3cc21. The maximum absolute atomic E-state index is 13.5. The van der Waals surface area contributed by atoms with Crippen molar-refractivity contribution in [2.75, 3.05) is 44.0 Å². The fraction of sp³-hybridized carbons (Fsp3) is 0.227. The average molecular weight is 442 g/mol. The maximum atomic E-state index is 13.5. The summed E-state index contributed by atoms with van der Waals surface area (Å²) in [4.78, 5) is 25.1. The van der Waals surface area contributed by atoms with Crippen LogP contribution in [0.25, 0.3) is 10.9 Å². The van der Waals surface area contributed by atoms with Crippen molar-refractivity contribution in [3.8, 4) is 5.75 Å². The summed E-state index contributed by atoms with van der Waals surface area (Å²) in [5.74, 6) is 0.476. The van der Waals surface area contributed by atoms with Gasteiger partial charge in [-0.1, -0.05) is 17.7 Å². The zero-order valence-corrected chi connectivity index (χ0v) is 17.9. The molecule has 1 N–H and O–H groups in total. The van der Waals surface area contributed by atoms with Gasteiger partial charge in [-0.2, -0.15) is 0 Å². The quantitative estimate of drug-likeness (QED) is 0.603. The Hall–Kier alpha value is -3.23. The van der Waals surface area contributed by atoms with Gasteiger partial charge in [-0.05, 0) is 38.4 Å². The molecule has 9 heteroatoms. The number of amides is 1. The Bertz CT molecular complexity index is 1170. The van der Waals surface area contributed by atoms with E-state index in [4.69, 9.17) is 16.3 Å². The number of anilines is 3. The molecule has 2 aromatic carbocycles. The summed E-state index contributed by atoms with van der Waals surface area (Å²) in [7, 11) is 3.88. The lowest BCUT2D eigenvalue weighted by Gasteiger charge is -2.29. The van der Waals surface area contributed by atoms with Crippen molar-refractivity contribution in [3.63, 3.8) is 0 Å². The van der Waals surface area contributed by atoms with Gasteiger partial charge in [0.2, 0.25) is 0 Å². The van der Waals surface area contributed by atoms with Gasteiger partial charge < -0.3 is 19.9 Å². The van der Waals surface area contributed by atoms with E-state index in [2.05, 4.69) is 15.3 Å². The smallest absolute Gasteiger partial charge is 0.250 e. The van der Waals surface area contributed by atoms with Crippen LogP contribution < -0.4 is 15.0 Å². The van der Waals surface area contributed by atoms with Crippen LogP contribution in [0.4, 0.5) is 21.6 Å². The van der Waals surface area contributed by atoms with Crippen molar-refractivity contribution >= 4 is 45.6 Å². The van der Waals surface area contributed by atoms with Gasteiger partial charge in [0.25, 0.3) is 5.91 Å². The Morgan fingerprint density at radius 1 is 1.32 bits per heavy atom. The minimum absolute atomic E-state index is 0.00965. The van der Waals surface area contributed by atoms with Gasteiger partial charge in [-0.3, -0.25) is 4.79 Å². The highest BCUT2D eigenvalue weighted by molar-refractivity contribution is 6.31. The first kappa shape index (κ1) is 21.0. The molecule has 160 valence electrons. The first-order valence-corrected chi connectivity index (χ1v) is 10.1. The Kier molecular flexibility index (Phi) is 6.01. The highest BCUT2D eigenvalue weighted by Crippen LogP contribution is 2.37. The summed E-state index contributed by atoms with van der Waals surface area (Å²) in [6, 6.07) is 7.96. The molecule has 0 saturated carbocycles. The molecule has 1 aliphatic rings. The molecular weight excluding hydrogens is 421 g/mol. The molecule has 0 unspecified atom stereocenters. The number of fused-ring (bicyclic) bond motifs is 2. The molecular formula is C22H21ClFN5O2. The number of nitrogens with one attached hydrogen (secondary N) is 1. The average Bonchev–Trinajstić information content (AvgIpc) is 2.74. The third-order valence-electron chi connectivity index (χ3n) is 4.76. The van der Waals surface area contributed by atoms with Crippen molar-refractivity contribution in [1.29, 1.82) is 0 Å². The van der Waals surface area contributed by atoms with Gasteiger partial charge >= 0.3 is 0 Å². The number of hydrogen-bond acceptors (Lipinski definition) is 6. The van der Waals surface area contributed by atoms with E-state index in [1.54, 1.807) is 23.1 Å². The van der Waals surface area contributed by atoms with Gasteiger partial charge in [0.15, 0.2) is 0 Å². The predicted molar refractivity (Wildman–Crippen MR) is 120 cm³/mol. The number of carbonyl (C=O) groups excluding carboxylic acids is 1. The topological polar surface area (TPSA) is 70.6 Å². The number of aromatic nitrogens is 2. The second kappa shape index (κ2) is 8.87. The molecule has 31 heavy (non-hydrogen) atoms. The molecule has 0 saturated heterocycles. The van der Waals surface area contributed by atoms with Crippen molar-refractivity contribution in [2.24, 2.45) is 0 Å². The molecule has 1 amide bonds. The molecule has 1 aliphatic heterocycles. The van der Waals surface area contributed by atoms with Crippen LogP contribution in [0.15, 0.2) is 48.8 Å². The monoisotopic (exact) mass is 441 g/mol. The minimum atomic E-state index is -0.498. The summed E-state index contributed by atoms with van der Waals surface area (Å²) < 4.78 is 19.3. The van der Waals surface area contributed by atoms with E-state index < -0.39 is 5.82 Å². The largest absolute Gasteiger partial charge is 0.489 e. The van der Waals surface area contributed by atoms with Crippen molar-refractivity contribution < 1.29 is 13.9 Å². The lowest BCUT2D eigenvalue weighted by molar-refractivity contribution is -0.114. The summed E-state index contributed by atoms with van der Waals surface area (Å²) >= 11 is 5.89. The van der Waals surface area contributed by atoms with Crippen molar-refractivity contribution in [3.05, 3.63) is 59.7 Å². The van der Waals surface area contributed by atoms with Crippen LogP contribution in [0.1, 0.15) is 0 Å². The highest BCUT2D eigenvalue weighted by Gasteiger charge is 2.24. The maximum Gasteiger partial charge on any atom is 0.250 e. The van der Waals surface area contributed by atoms with Crippen LogP contribution in [0.2, 0.25) is 5.02 Å². The first-order chi connectivity index (χ1) is 14.9. The van der Waals surface area contributed by atoms with Gasteiger partial charge in [0, 0.05) is 29.8 Å². The van der Waals surface area contributed by atoms with Gasteiger partial charge in [-0.15, -0.1) is 0 Å². The Balaban J connectivity index is 1.70. The number of rotatable bonds is 5. The van der Waals surface area contributed by atoms with Gasteiger partial charge in [-0.25, -0.2) is 14.4 Å². The summed E-state index contributed by atoms with van der Waals surface area (Å²) in [6.07, 6.45) is 4.82. The van der Waals surface area contributed by atoms with E-state index in [1.807, 2.05) is 31.1 Å². The van der Waals surface area contributed by atoms with E-state index in [1.165, 1.54) is 18.5 Å². The summed E-state index contributed by atoms with van der Waals surface area (Å²) in [5, 5.41) is 3.85. The standard InChI is InChI=1S/C22H21ClFN5O2/c1-28(2)7-3-4-21(30)29-8-9-31-20-12-18-15(11-19(20)29)22(26-13-25-18)27-14-5-6-17(24)16(23)10-14/h3-6,10-13H,7-9H2,1-2H3,(H,25,26,27). The number of hydrogen-bond donors (Lipinski definition) is 1. The van der Waals surface area contributed by atoms with E-state index in [-0.39, 0.29) is 10.9 Å². The highest BCUT2D eigenvalue weighted by atomic mass is 35.5. The second-order valence-corrected chi connectivity index (χ2v) is 7.72. The van der Waals surface area contributed by atoms with E-state index in [9.17, 15) is 9.18 Å². The molecule has 2 heterocycles. The van der Waals surface area contributed by atoms with Gasteiger partial charge in [0.1, 0.15) is 30.3 Å². The lowest BCUT2D eigenvalue weighted by Crippen LogP contribution is -2.37. The van der Waals surface area contributed by atoms with Crippen LogP contribution in [-0.2, 0) is 4.79 Å². The number of nitrogens with zero attached hydrogens (tertiary/aromatic N) is 4. The first-order valence-electron chi connectivity index (χ1n) is 9.69. The normalized spacial score (nSPS) is 13.5. The molecule has 0 aliphatic carbocycles. The third-order valence-corrected chi connectivity index (χ3v) is 5.05. The van der Waals surface area contributed by atoms with Crippen LogP contribution in [-0.4, -0.2) is 54.6 Å². The number of halogens is 2. The van der Waals surface area contributed by atoms with Crippen LogP contribution in [0, 0.1) is 5.82 Å². The fourth-order valence-electron chi connectivity index (χ4n) is 3.26. The van der Waals surface area contributed by atoms with Crippen LogP contribution >= 0.6 is 11.6 Å². The summed E-state index contributed by atoms with van der Waals surface area (Å²) in [6.45, 7) is 1.51. The molecule has 3 aromatic rings. The molecule has 0 radical (unpaired) electrons. The molecule has 1 aromatic heterocycles. The van der Waals surface area contributed by atoms with Crippen LogP contribution in [0.5, 0.6) is 5.75 Å². The van der Waals surface area contributed by atoms with Crippen molar-refractivity contribution in [2.45, 2.75) is 0 Å². The van der Waals surface area contributed by atoms with Gasteiger partial charge in [0.05, 0.1) is 22.8 Å². The van der Waals surface area contributed by atoms with E-state index in [0.29, 0.717) is 53.5 Å². The number of likely N-dealkylation sites (N-methyl/N-ethyl adjacent to an activating group) is 1. The second-order valence-electron chi connectivity index (χ2n) is 7.32. The minimum Gasteiger partial charge on any atom is -0.489 e. The number of ether oxygens (including phenoxy) is 1. The molecule has 4 rings (SSSR count). The van der Waals surface area contributed by atoms with Crippen molar-refractivity contribution in [1.82, 2.24) is 14.9 Å². The number of benzene rings is 2. The number of carbonyl (C=O) groups is 1. The fourth-order valence-corrected chi connectivity index (χ4v) is 3.44. The molecule has 0 spiro atoms. The van der Waals surface area contributed by atoms with Crippen LogP contribution in [0.3, 0.4) is 0 Å². The third kappa shape index (κ3) is 4.60. The lowest BCUT2D eigenvalue weighted by atomic mass is 10.1. The molecule has 0 atom stereocenters. The van der Waals surface area contributed by atoms with E-state index >= 15 is 0 Å². The zero-order valence-electron chi connectivity index (χ0n) is 17.1. The molecule has 0 bridgehead atoms. The molecule has 7 nitrogen and oxygen atoms in total. The predicted octanol–water partition coefficient (Wildman–Crippen LogP) is 4.01. The Morgan fingerprint density at radius 2 is 2.16 bits per heavy atom. The summed E-state index contributed by atoms with van der Waals surface area (Å²) in [5.41, 5.74) is 1.88.